The van der Waals surface area contributed by atoms with Gasteiger partial charge in [-0.1, -0.05) is 36.4 Å². The van der Waals surface area contributed by atoms with Crippen LogP contribution in [0.15, 0.2) is 48.5 Å². The van der Waals surface area contributed by atoms with Crippen LogP contribution >= 0.6 is 0 Å². The Morgan fingerprint density at radius 2 is 1.60 bits per heavy atom. The predicted molar refractivity (Wildman–Crippen MR) is 107 cm³/mol. The van der Waals surface area contributed by atoms with Crippen molar-refractivity contribution in [3.63, 3.8) is 0 Å². The molecule has 25 heavy (non-hydrogen) atoms. The molecule has 0 spiro atoms. The highest BCUT2D eigenvalue weighted by Gasteiger charge is 2.22. The van der Waals surface area contributed by atoms with Crippen molar-refractivity contribution in [2.24, 2.45) is 5.92 Å². The third kappa shape index (κ3) is 3.93. The molecule has 0 radical (unpaired) electrons. The minimum absolute atomic E-state index is 0.984. The Morgan fingerprint density at radius 1 is 0.960 bits per heavy atom. The topological polar surface area (TPSA) is 28.2 Å². The average Bonchev–Trinajstić information content (AvgIpc) is 3.44. The smallest absolute Gasteiger partial charge is 0.0730 e. The summed E-state index contributed by atoms with van der Waals surface area (Å²) in [6.07, 6.45) is 5.32. The number of rotatable bonds is 8. The monoisotopic (exact) mass is 333 g/mol. The summed E-state index contributed by atoms with van der Waals surface area (Å²) in [5.41, 5.74) is 3.35. The quantitative estimate of drug-likeness (QED) is 0.468. The summed E-state index contributed by atoms with van der Waals surface area (Å²) in [5.74, 6) is 0.984. The zero-order valence-electron chi connectivity index (χ0n) is 15.0. The van der Waals surface area contributed by atoms with Gasteiger partial charge >= 0.3 is 0 Å². The number of para-hydroxylation sites is 2. The molecule has 0 bridgehead atoms. The molecular weight excluding hydrogens is 306 g/mol. The molecular formula is C22H27N3. The lowest BCUT2D eigenvalue weighted by Gasteiger charge is -2.16. The minimum atomic E-state index is 0.984. The van der Waals surface area contributed by atoms with Crippen LogP contribution in [0.3, 0.4) is 0 Å². The molecule has 1 aliphatic carbocycles. The van der Waals surface area contributed by atoms with Crippen molar-refractivity contribution >= 4 is 27.5 Å². The first-order valence-electron chi connectivity index (χ1n) is 9.51. The zero-order valence-corrected chi connectivity index (χ0v) is 15.0. The lowest BCUT2D eigenvalue weighted by molar-refractivity contribution is 0.314. The highest BCUT2D eigenvalue weighted by Crippen LogP contribution is 2.31. The van der Waals surface area contributed by atoms with Gasteiger partial charge < -0.3 is 10.2 Å². The molecule has 4 rings (SSSR count). The van der Waals surface area contributed by atoms with Gasteiger partial charge in [-0.3, -0.25) is 0 Å². The van der Waals surface area contributed by atoms with Gasteiger partial charge in [0.1, 0.15) is 0 Å². The molecule has 1 aliphatic rings. The van der Waals surface area contributed by atoms with E-state index in [0.717, 1.165) is 23.5 Å². The van der Waals surface area contributed by atoms with Crippen molar-refractivity contribution in [1.29, 1.82) is 0 Å². The number of unbranched alkanes of at least 4 members (excludes halogenated alkanes) is 1. The van der Waals surface area contributed by atoms with Crippen molar-refractivity contribution in [3.05, 3.63) is 48.5 Å². The molecule has 2 aromatic carbocycles. The van der Waals surface area contributed by atoms with Gasteiger partial charge in [0.05, 0.1) is 16.7 Å². The Morgan fingerprint density at radius 3 is 2.24 bits per heavy atom. The average molecular weight is 333 g/mol. The largest absolute Gasteiger partial charge is 0.384 e. The molecule has 0 saturated heterocycles. The fraction of sp³-hybridized carbons (Fsp3) is 0.409. The number of benzene rings is 2. The van der Waals surface area contributed by atoms with Crippen LogP contribution in [0.1, 0.15) is 25.7 Å². The minimum Gasteiger partial charge on any atom is -0.384 e. The summed E-state index contributed by atoms with van der Waals surface area (Å²) in [7, 11) is 2.26. The van der Waals surface area contributed by atoms with E-state index in [2.05, 4.69) is 65.8 Å². The summed E-state index contributed by atoms with van der Waals surface area (Å²) in [5, 5.41) is 6.13. The first-order chi connectivity index (χ1) is 12.3. The molecule has 0 aliphatic heterocycles. The molecule has 3 aromatic rings. The van der Waals surface area contributed by atoms with Crippen molar-refractivity contribution in [3.8, 4) is 0 Å². The van der Waals surface area contributed by atoms with E-state index in [1.807, 2.05) is 0 Å². The van der Waals surface area contributed by atoms with Crippen LogP contribution in [-0.4, -0.2) is 36.6 Å². The molecule has 1 aromatic heterocycles. The molecule has 1 fully saturated rings. The number of anilines is 1. The number of hydrogen-bond donors (Lipinski definition) is 1. The van der Waals surface area contributed by atoms with E-state index in [1.54, 1.807) is 0 Å². The van der Waals surface area contributed by atoms with E-state index in [1.165, 1.54) is 55.2 Å². The van der Waals surface area contributed by atoms with E-state index in [-0.39, 0.29) is 0 Å². The van der Waals surface area contributed by atoms with Gasteiger partial charge in [-0.25, -0.2) is 4.98 Å². The van der Waals surface area contributed by atoms with E-state index in [9.17, 15) is 0 Å². The maximum Gasteiger partial charge on any atom is 0.0730 e. The standard InChI is InChI=1S/C22H27N3/c1-25(16-17-12-13-17)15-7-6-14-23-22-18-8-2-4-10-20(18)24-21-11-5-3-9-19(21)22/h2-5,8-11,17H,6-7,12-16H2,1H3,(H,23,24). The Hall–Kier alpha value is -2.13. The second-order valence-corrected chi connectivity index (χ2v) is 7.36. The fourth-order valence-electron chi connectivity index (χ4n) is 3.58. The van der Waals surface area contributed by atoms with Gasteiger partial charge in [0.15, 0.2) is 0 Å². The maximum absolute atomic E-state index is 4.79. The third-order valence-electron chi connectivity index (χ3n) is 5.12. The highest BCUT2D eigenvalue weighted by molar-refractivity contribution is 6.07. The van der Waals surface area contributed by atoms with Gasteiger partial charge in [-0.05, 0) is 57.3 Å². The summed E-state index contributed by atoms with van der Waals surface area (Å²) < 4.78 is 0. The Bertz CT molecular complexity index is 800. The lowest BCUT2D eigenvalue weighted by atomic mass is 10.1. The van der Waals surface area contributed by atoms with Gasteiger partial charge in [0.2, 0.25) is 0 Å². The van der Waals surface area contributed by atoms with Crippen LogP contribution in [-0.2, 0) is 0 Å². The van der Waals surface area contributed by atoms with Crippen LogP contribution in [0.2, 0.25) is 0 Å². The second-order valence-electron chi connectivity index (χ2n) is 7.36. The van der Waals surface area contributed by atoms with Crippen molar-refractivity contribution in [2.75, 3.05) is 32.0 Å². The summed E-state index contributed by atoms with van der Waals surface area (Å²) in [4.78, 5) is 7.29. The Labute approximate surface area is 150 Å². The molecule has 0 unspecified atom stereocenters. The van der Waals surface area contributed by atoms with Crippen LogP contribution in [0.25, 0.3) is 21.8 Å². The number of fused-ring (bicyclic) bond motifs is 2. The van der Waals surface area contributed by atoms with Crippen LogP contribution in [0.5, 0.6) is 0 Å². The number of aromatic nitrogens is 1. The van der Waals surface area contributed by atoms with Crippen LogP contribution in [0, 0.1) is 5.92 Å². The Balaban J connectivity index is 1.42. The molecule has 0 atom stereocenters. The van der Waals surface area contributed by atoms with E-state index >= 15 is 0 Å². The highest BCUT2D eigenvalue weighted by atomic mass is 15.1. The molecule has 1 N–H and O–H groups in total. The first-order valence-corrected chi connectivity index (χ1v) is 9.51. The van der Waals surface area contributed by atoms with Crippen molar-refractivity contribution in [1.82, 2.24) is 9.88 Å². The van der Waals surface area contributed by atoms with Gasteiger partial charge in [0.25, 0.3) is 0 Å². The van der Waals surface area contributed by atoms with Crippen molar-refractivity contribution < 1.29 is 0 Å². The second kappa shape index (κ2) is 7.40. The van der Waals surface area contributed by atoms with Gasteiger partial charge in [-0.2, -0.15) is 0 Å². The first kappa shape index (κ1) is 16.3. The normalized spacial score (nSPS) is 14.5. The van der Waals surface area contributed by atoms with Gasteiger partial charge in [0, 0.05) is 23.9 Å². The molecule has 130 valence electrons. The molecule has 0 amide bonds. The number of hydrogen-bond acceptors (Lipinski definition) is 3. The van der Waals surface area contributed by atoms with Gasteiger partial charge in [-0.15, -0.1) is 0 Å². The zero-order chi connectivity index (χ0) is 17.1. The number of pyridine rings is 1. The van der Waals surface area contributed by atoms with E-state index < -0.39 is 0 Å². The molecule has 3 nitrogen and oxygen atoms in total. The molecule has 1 saturated carbocycles. The predicted octanol–water partition coefficient (Wildman–Crippen LogP) is 4.92. The molecule has 1 heterocycles. The maximum atomic E-state index is 4.79. The Kier molecular flexibility index (Phi) is 4.84. The summed E-state index contributed by atoms with van der Waals surface area (Å²) in [6.45, 7) is 3.50. The SMILES string of the molecule is CN(CCCCNc1c2ccccc2nc2ccccc12)CC1CC1. The summed E-state index contributed by atoms with van der Waals surface area (Å²) in [6, 6.07) is 16.8. The number of nitrogens with zero attached hydrogens (tertiary/aromatic N) is 2. The van der Waals surface area contributed by atoms with E-state index in [4.69, 9.17) is 4.98 Å². The van der Waals surface area contributed by atoms with Crippen molar-refractivity contribution in [2.45, 2.75) is 25.7 Å². The lowest BCUT2D eigenvalue weighted by Crippen LogP contribution is -2.22. The third-order valence-corrected chi connectivity index (χ3v) is 5.12. The fourth-order valence-corrected chi connectivity index (χ4v) is 3.58. The molecule has 3 heteroatoms. The van der Waals surface area contributed by atoms with Crippen LogP contribution in [0.4, 0.5) is 5.69 Å². The van der Waals surface area contributed by atoms with Crippen LogP contribution < -0.4 is 5.32 Å². The van der Waals surface area contributed by atoms with E-state index in [0.29, 0.717) is 0 Å². The number of nitrogens with one attached hydrogen (secondary N) is 1. The summed E-state index contributed by atoms with van der Waals surface area (Å²) >= 11 is 0.